The van der Waals surface area contributed by atoms with E-state index in [-0.39, 0.29) is 25.2 Å². The van der Waals surface area contributed by atoms with E-state index in [4.69, 9.17) is 4.74 Å². The molecule has 0 aliphatic heterocycles. The van der Waals surface area contributed by atoms with Crippen LogP contribution in [0.25, 0.3) is 0 Å². The molecule has 0 amide bonds. The van der Waals surface area contributed by atoms with Crippen molar-refractivity contribution in [3.8, 4) is 0 Å². The van der Waals surface area contributed by atoms with Crippen LogP contribution in [0, 0.1) is 17.3 Å². The van der Waals surface area contributed by atoms with Gasteiger partial charge in [0.25, 0.3) is 0 Å². The Kier molecular flexibility index (Phi) is 11.5. The predicted octanol–water partition coefficient (Wildman–Crippen LogP) is 3.91. The SMILES string of the molecule is CCCCCC(C)(O)C=C[C@H]1C[C@H](C(=O)O)C(=O)C1(CC=CCCCC(=O)OCC)C(=O)O. The van der Waals surface area contributed by atoms with E-state index in [1.807, 2.05) is 6.92 Å². The molecule has 0 aromatic rings. The molecule has 1 rings (SSSR count). The first-order valence-electron chi connectivity index (χ1n) is 11.7. The third-order valence-corrected chi connectivity index (χ3v) is 6.20. The van der Waals surface area contributed by atoms with Gasteiger partial charge in [0.05, 0.1) is 12.2 Å². The van der Waals surface area contributed by atoms with E-state index in [0.29, 0.717) is 25.9 Å². The summed E-state index contributed by atoms with van der Waals surface area (Å²) in [6, 6.07) is 0. The van der Waals surface area contributed by atoms with Gasteiger partial charge in [-0.05, 0) is 46.0 Å². The van der Waals surface area contributed by atoms with Crippen molar-refractivity contribution in [2.45, 2.75) is 84.2 Å². The molecule has 1 aliphatic carbocycles. The third-order valence-electron chi connectivity index (χ3n) is 6.20. The van der Waals surface area contributed by atoms with E-state index in [1.54, 1.807) is 26.0 Å². The molecule has 0 bridgehead atoms. The number of carbonyl (C=O) groups is 4. The second-order valence-electron chi connectivity index (χ2n) is 8.92. The standard InChI is InChI=1S/C25H38O8/c1-4-6-10-14-24(3,32)16-13-18-17-19(22(28)29)21(27)25(18,23(30)31)15-11-8-7-9-12-20(26)33-5-2/h8,11,13,16,18-19,32H,4-7,9-10,12,14-15,17H2,1-3H3,(H,28,29)(H,30,31)/t18-,19-,24?,25?/m0/s1. The summed E-state index contributed by atoms with van der Waals surface area (Å²) < 4.78 is 4.86. The van der Waals surface area contributed by atoms with Crippen LogP contribution in [0.1, 0.15) is 78.6 Å². The highest BCUT2D eigenvalue weighted by Gasteiger charge is 2.60. The summed E-state index contributed by atoms with van der Waals surface area (Å²) in [5.41, 5.74) is -3.08. The van der Waals surface area contributed by atoms with Crippen molar-refractivity contribution in [1.29, 1.82) is 0 Å². The lowest BCUT2D eigenvalue weighted by Crippen LogP contribution is -2.42. The maximum absolute atomic E-state index is 13.0. The summed E-state index contributed by atoms with van der Waals surface area (Å²) in [6.07, 6.45) is 10.5. The number of carboxylic acid groups (broad SMARTS) is 2. The molecule has 4 atom stereocenters. The van der Waals surface area contributed by atoms with Crippen molar-refractivity contribution in [2.75, 3.05) is 6.61 Å². The molecule has 186 valence electrons. The van der Waals surface area contributed by atoms with Crippen molar-refractivity contribution in [3.05, 3.63) is 24.3 Å². The molecule has 0 heterocycles. The van der Waals surface area contributed by atoms with Crippen LogP contribution in [-0.2, 0) is 23.9 Å². The summed E-state index contributed by atoms with van der Waals surface area (Å²) >= 11 is 0. The molecule has 1 aliphatic rings. The fourth-order valence-electron chi connectivity index (χ4n) is 4.24. The molecule has 1 fully saturated rings. The van der Waals surface area contributed by atoms with Gasteiger partial charge in [-0.2, -0.15) is 0 Å². The molecule has 2 unspecified atom stereocenters. The lowest BCUT2D eigenvalue weighted by molar-refractivity contribution is -0.156. The van der Waals surface area contributed by atoms with Crippen LogP contribution in [0.3, 0.4) is 0 Å². The molecule has 8 nitrogen and oxygen atoms in total. The number of rotatable bonds is 15. The Morgan fingerprint density at radius 1 is 1.15 bits per heavy atom. The van der Waals surface area contributed by atoms with E-state index in [9.17, 15) is 34.5 Å². The molecule has 0 aromatic heterocycles. The second-order valence-corrected chi connectivity index (χ2v) is 8.92. The zero-order chi connectivity index (χ0) is 25.1. The van der Waals surface area contributed by atoms with Crippen molar-refractivity contribution in [1.82, 2.24) is 0 Å². The largest absolute Gasteiger partial charge is 0.481 e. The van der Waals surface area contributed by atoms with E-state index in [0.717, 1.165) is 19.3 Å². The zero-order valence-electron chi connectivity index (χ0n) is 19.9. The fourth-order valence-corrected chi connectivity index (χ4v) is 4.24. The Balaban J connectivity index is 3.02. The zero-order valence-corrected chi connectivity index (χ0v) is 19.9. The van der Waals surface area contributed by atoms with E-state index < -0.39 is 40.6 Å². The van der Waals surface area contributed by atoms with Gasteiger partial charge in [-0.25, -0.2) is 0 Å². The molecule has 0 saturated heterocycles. The smallest absolute Gasteiger partial charge is 0.318 e. The van der Waals surface area contributed by atoms with Crippen LogP contribution in [0.5, 0.6) is 0 Å². The Bertz CT molecular complexity index is 752. The average Bonchev–Trinajstić information content (AvgIpc) is 3.02. The number of unbranched alkanes of at least 4 members (excludes halogenated alkanes) is 3. The van der Waals surface area contributed by atoms with Gasteiger partial charge in [0, 0.05) is 12.3 Å². The fraction of sp³-hybridized carbons (Fsp3) is 0.680. The van der Waals surface area contributed by atoms with Crippen molar-refractivity contribution < 1.29 is 39.2 Å². The number of ketones is 1. The van der Waals surface area contributed by atoms with Gasteiger partial charge in [0.1, 0.15) is 11.3 Å². The first-order valence-corrected chi connectivity index (χ1v) is 11.7. The predicted molar refractivity (Wildman–Crippen MR) is 122 cm³/mol. The average molecular weight is 467 g/mol. The van der Waals surface area contributed by atoms with Crippen molar-refractivity contribution in [2.24, 2.45) is 17.3 Å². The number of aliphatic carboxylic acids is 2. The molecule has 0 radical (unpaired) electrons. The van der Waals surface area contributed by atoms with Crippen LogP contribution in [0.2, 0.25) is 0 Å². The van der Waals surface area contributed by atoms with E-state index >= 15 is 0 Å². The molecule has 3 N–H and O–H groups in total. The number of aliphatic hydroxyl groups is 1. The van der Waals surface area contributed by atoms with Crippen LogP contribution < -0.4 is 0 Å². The number of Topliss-reactive ketones (excluding diaryl/α,β-unsaturated/α-hetero) is 1. The maximum Gasteiger partial charge on any atom is 0.318 e. The lowest BCUT2D eigenvalue weighted by atomic mass is 9.73. The second kappa shape index (κ2) is 13.3. The topological polar surface area (TPSA) is 138 Å². The van der Waals surface area contributed by atoms with Crippen LogP contribution in [0.4, 0.5) is 0 Å². The first-order chi connectivity index (χ1) is 15.5. The number of ether oxygens (including phenoxy) is 1. The number of esters is 1. The van der Waals surface area contributed by atoms with E-state index in [1.165, 1.54) is 12.2 Å². The highest BCUT2D eigenvalue weighted by molar-refractivity contribution is 6.13. The summed E-state index contributed by atoms with van der Waals surface area (Å²) in [6.45, 7) is 5.70. The van der Waals surface area contributed by atoms with Gasteiger partial charge in [0.2, 0.25) is 0 Å². The number of allylic oxidation sites excluding steroid dienone is 3. The number of carbonyl (C=O) groups excluding carboxylic acids is 2. The molecule has 0 aromatic carbocycles. The van der Waals surface area contributed by atoms with Gasteiger partial charge < -0.3 is 20.1 Å². The van der Waals surface area contributed by atoms with Gasteiger partial charge in [0.15, 0.2) is 5.78 Å². The number of hydrogen-bond acceptors (Lipinski definition) is 6. The quantitative estimate of drug-likeness (QED) is 0.143. The van der Waals surface area contributed by atoms with Crippen molar-refractivity contribution in [3.63, 3.8) is 0 Å². The van der Waals surface area contributed by atoms with Gasteiger partial charge in [-0.3, -0.25) is 19.2 Å². The molecule has 8 heteroatoms. The Morgan fingerprint density at radius 3 is 2.42 bits per heavy atom. The monoisotopic (exact) mass is 466 g/mol. The number of hydrogen-bond donors (Lipinski definition) is 3. The molecule has 1 saturated carbocycles. The van der Waals surface area contributed by atoms with Crippen LogP contribution in [-0.4, -0.2) is 51.2 Å². The first kappa shape index (κ1) is 28.6. The van der Waals surface area contributed by atoms with Crippen molar-refractivity contribution >= 4 is 23.7 Å². The minimum absolute atomic E-state index is 0.126. The summed E-state index contributed by atoms with van der Waals surface area (Å²) in [5, 5.41) is 30.1. The van der Waals surface area contributed by atoms with Crippen LogP contribution in [0.15, 0.2) is 24.3 Å². The molecular formula is C25H38O8. The third kappa shape index (κ3) is 8.11. The Hall–Kier alpha value is -2.48. The van der Waals surface area contributed by atoms with Gasteiger partial charge in [-0.1, -0.05) is 50.5 Å². The molecule has 0 spiro atoms. The molecule has 33 heavy (non-hydrogen) atoms. The van der Waals surface area contributed by atoms with Gasteiger partial charge >= 0.3 is 17.9 Å². The summed E-state index contributed by atoms with van der Waals surface area (Å²) in [7, 11) is 0. The minimum atomic E-state index is -1.91. The van der Waals surface area contributed by atoms with E-state index in [2.05, 4.69) is 0 Å². The lowest BCUT2D eigenvalue weighted by Gasteiger charge is -2.28. The normalized spacial score (nSPS) is 24.9. The Labute approximate surface area is 195 Å². The maximum atomic E-state index is 13.0. The Morgan fingerprint density at radius 2 is 1.85 bits per heavy atom. The minimum Gasteiger partial charge on any atom is -0.481 e. The summed E-state index contributed by atoms with van der Waals surface area (Å²) in [4.78, 5) is 48.3. The van der Waals surface area contributed by atoms with Gasteiger partial charge in [-0.15, -0.1) is 0 Å². The highest BCUT2D eigenvalue weighted by atomic mass is 16.5. The number of carboxylic acids is 2. The molecular weight excluding hydrogens is 428 g/mol. The highest BCUT2D eigenvalue weighted by Crippen LogP contribution is 2.48. The summed E-state index contributed by atoms with van der Waals surface area (Å²) in [5.74, 6) is -6.09. The van der Waals surface area contributed by atoms with Crippen LogP contribution >= 0.6 is 0 Å².